The first kappa shape index (κ1) is 14.1. The molecule has 0 unspecified atom stereocenters. The van der Waals surface area contributed by atoms with E-state index in [-0.39, 0.29) is 0 Å². The van der Waals surface area contributed by atoms with Gasteiger partial charge in [-0.3, -0.25) is 4.68 Å². The second-order valence-corrected chi connectivity index (χ2v) is 5.72. The zero-order valence-corrected chi connectivity index (χ0v) is 11.1. The van der Waals surface area contributed by atoms with E-state index in [0.29, 0.717) is 19.6 Å². The van der Waals surface area contributed by atoms with Crippen molar-refractivity contribution in [2.75, 3.05) is 19.3 Å². The van der Waals surface area contributed by atoms with Gasteiger partial charge in [-0.05, 0) is 12.5 Å². The molecule has 0 atom stereocenters. The summed E-state index contributed by atoms with van der Waals surface area (Å²) in [4.78, 5) is 0. The number of aryl methyl sites for hydroxylation is 1. The SMILES string of the molecule is CCCn1nccc1CNCCNS(C)(=O)=O. The van der Waals surface area contributed by atoms with Crippen LogP contribution in [0.25, 0.3) is 0 Å². The van der Waals surface area contributed by atoms with Crippen molar-refractivity contribution < 1.29 is 8.42 Å². The lowest BCUT2D eigenvalue weighted by molar-refractivity contribution is 0.546. The molecule has 0 amide bonds. The maximum absolute atomic E-state index is 10.8. The summed E-state index contributed by atoms with van der Waals surface area (Å²) in [7, 11) is -3.08. The van der Waals surface area contributed by atoms with E-state index >= 15 is 0 Å². The fourth-order valence-electron chi connectivity index (χ4n) is 1.46. The summed E-state index contributed by atoms with van der Waals surface area (Å²) >= 11 is 0. The largest absolute Gasteiger partial charge is 0.310 e. The molecule has 0 aromatic carbocycles. The summed E-state index contributed by atoms with van der Waals surface area (Å²) in [6.45, 7) is 4.72. The second kappa shape index (κ2) is 6.73. The molecule has 0 radical (unpaired) electrons. The highest BCUT2D eigenvalue weighted by molar-refractivity contribution is 7.88. The van der Waals surface area contributed by atoms with Crippen LogP contribution in [0, 0.1) is 0 Å². The van der Waals surface area contributed by atoms with Gasteiger partial charge in [0.1, 0.15) is 0 Å². The number of nitrogens with one attached hydrogen (secondary N) is 2. The van der Waals surface area contributed by atoms with Gasteiger partial charge in [0.15, 0.2) is 0 Å². The van der Waals surface area contributed by atoms with E-state index in [1.165, 1.54) is 0 Å². The predicted molar refractivity (Wildman–Crippen MR) is 67.1 cm³/mol. The Bertz CT molecular complexity index is 427. The Morgan fingerprint density at radius 2 is 2.18 bits per heavy atom. The molecular formula is C10H20N4O2S. The van der Waals surface area contributed by atoms with Gasteiger partial charge in [-0.2, -0.15) is 5.10 Å². The number of hydrogen-bond donors (Lipinski definition) is 2. The quantitative estimate of drug-likeness (QED) is 0.642. The van der Waals surface area contributed by atoms with Crippen molar-refractivity contribution in [3.63, 3.8) is 0 Å². The third-order valence-electron chi connectivity index (χ3n) is 2.21. The first-order chi connectivity index (χ1) is 8.03. The Morgan fingerprint density at radius 3 is 2.82 bits per heavy atom. The van der Waals surface area contributed by atoms with Crippen LogP contribution in [0.4, 0.5) is 0 Å². The Morgan fingerprint density at radius 1 is 1.41 bits per heavy atom. The molecule has 17 heavy (non-hydrogen) atoms. The molecule has 98 valence electrons. The molecular weight excluding hydrogens is 240 g/mol. The fraction of sp³-hybridized carbons (Fsp3) is 0.700. The Balaban J connectivity index is 2.24. The minimum Gasteiger partial charge on any atom is -0.310 e. The van der Waals surface area contributed by atoms with Gasteiger partial charge < -0.3 is 5.32 Å². The summed E-state index contributed by atoms with van der Waals surface area (Å²) in [5.41, 5.74) is 1.12. The molecule has 2 N–H and O–H groups in total. The Labute approximate surface area is 102 Å². The lowest BCUT2D eigenvalue weighted by atomic mass is 10.4. The van der Waals surface area contributed by atoms with E-state index < -0.39 is 10.0 Å². The van der Waals surface area contributed by atoms with E-state index in [2.05, 4.69) is 22.1 Å². The number of rotatable bonds is 8. The minimum atomic E-state index is -3.08. The van der Waals surface area contributed by atoms with Crippen molar-refractivity contribution in [3.8, 4) is 0 Å². The van der Waals surface area contributed by atoms with Crippen LogP contribution in [0.2, 0.25) is 0 Å². The summed E-state index contributed by atoms with van der Waals surface area (Å²) in [5, 5.41) is 7.38. The molecule has 0 aliphatic heterocycles. The highest BCUT2D eigenvalue weighted by Crippen LogP contribution is 1.99. The van der Waals surface area contributed by atoms with Gasteiger partial charge >= 0.3 is 0 Å². The van der Waals surface area contributed by atoms with Gasteiger partial charge in [-0.1, -0.05) is 6.92 Å². The topological polar surface area (TPSA) is 76.0 Å². The summed E-state index contributed by atoms with van der Waals surface area (Å²) in [6, 6.07) is 1.96. The number of aromatic nitrogens is 2. The van der Waals surface area contributed by atoms with Crippen molar-refractivity contribution in [2.24, 2.45) is 0 Å². The molecule has 0 fully saturated rings. The van der Waals surface area contributed by atoms with Gasteiger partial charge in [0.2, 0.25) is 10.0 Å². The first-order valence-electron chi connectivity index (χ1n) is 5.69. The molecule has 0 aliphatic rings. The predicted octanol–water partition coefficient (Wildman–Crippen LogP) is -0.0681. The standard InChI is InChI=1S/C10H20N4O2S/c1-3-8-14-10(4-5-12-14)9-11-6-7-13-17(2,15)16/h4-5,11,13H,3,6-9H2,1-2H3. The third-order valence-corrected chi connectivity index (χ3v) is 2.94. The van der Waals surface area contributed by atoms with Crippen molar-refractivity contribution in [3.05, 3.63) is 18.0 Å². The molecule has 7 heteroatoms. The van der Waals surface area contributed by atoms with Crippen LogP contribution < -0.4 is 10.0 Å². The van der Waals surface area contributed by atoms with E-state index in [1.54, 1.807) is 6.20 Å². The van der Waals surface area contributed by atoms with Crippen LogP contribution in [-0.4, -0.2) is 37.5 Å². The zero-order valence-electron chi connectivity index (χ0n) is 10.3. The van der Waals surface area contributed by atoms with Gasteiger partial charge in [-0.25, -0.2) is 13.1 Å². The van der Waals surface area contributed by atoms with Crippen molar-refractivity contribution in [2.45, 2.75) is 26.4 Å². The molecule has 0 bridgehead atoms. The van der Waals surface area contributed by atoms with Crippen LogP contribution in [0.15, 0.2) is 12.3 Å². The Hall–Kier alpha value is -0.920. The van der Waals surface area contributed by atoms with E-state index in [0.717, 1.165) is 24.9 Å². The number of sulfonamides is 1. The average Bonchev–Trinajstić information content (AvgIpc) is 2.64. The molecule has 0 spiro atoms. The van der Waals surface area contributed by atoms with Crippen LogP contribution in [0.1, 0.15) is 19.0 Å². The van der Waals surface area contributed by atoms with Crippen molar-refractivity contribution >= 4 is 10.0 Å². The average molecular weight is 260 g/mol. The molecule has 0 saturated carbocycles. The smallest absolute Gasteiger partial charge is 0.208 e. The zero-order chi connectivity index (χ0) is 12.7. The van der Waals surface area contributed by atoms with Crippen LogP contribution in [0.5, 0.6) is 0 Å². The molecule has 1 aromatic heterocycles. The second-order valence-electron chi connectivity index (χ2n) is 3.89. The lowest BCUT2D eigenvalue weighted by Crippen LogP contribution is -2.31. The first-order valence-corrected chi connectivity index (χ1v) is 7.58. The molecule has 1 rings (SSSR count). The number of hydrogen-bond acceptors (Lipinski definition) is 4. The highest BCUT2D eigenvalue weighted by Gasteiger charge is 2.01. The Kier molecular flexibility index (Phi) is 5.60. The van der Waals surface area contributed by atoms with Crippen LogP contribution in [0.3, 0.4) is 0 Å². The maximum Gasteiger partial charge on any atom is 0.208 e. The summed E-state index contributed by atoms with van der Waals surface area (Å²) in [6.07, 6.45) is 3.98. The van der Waals surface area contributed by atoms with Crippen molar-refractivity contribution in [1.29, 1.82) is 0 Å². The lowest BCUT2D eigenvalue weighted by Gasteiger charge is -2.07. The highest BCUT2D eigenvalue weighted by atomic mass is 32.2. The van der Waals surface area contributed by atoms with E-state index in [1.807, 2.05) is 10.7 Å². The van der Waals surface area contributed by atoms with Gasteiger partial charge in [0.25, 0.3) is 0 Å². The van der Waals surface area contributed by atoms with E-state index in [4.69, 9.17) is 0 Å². The van der Waals surface area contributed by atoms with Gasteiger partial charge in [0, 0.05) is 32.4 Å². The van der Waals surface area contributed by atoms with Crippen LogP contribution >= 0.6 is 0 Å². The molecule has 0 aliphatic carbocycles. The van der Waals surface area contributed by atoms with E-state index in [9.17, 15) is 8.42 Å². The summed E-state index contributed by atoms with van der Waals surface area (Å²) < 4.78 is 26.0. The molecule has 1 heterocycles. The summed E-state index contributed by atoms with van der Waals surface area (Å²) in [5.74, 6) is 0. The normalized spacial score (nSPS) is 11.9. The van der Waals surface area contributed by atoms with Crippen molar-refractivity contribution in [1.82, 2.24) is 19.8 Å². The molecule has 6 nitrogen and oxygen atoms in total. The van der Waals surface area contributed by atoms with Crippen LogP contribution in [-0.2, 0) is 23.1 Å². The van der Waals surface area contributed by atoms with Gasteiger partial charge in [0.05, 0.1) is 11.9 Å². The minimum absolute atomic E-state index is 0.404. The fourth-order valence-corrected chi connectivity index (χ4v) is 1.94. The molecule has 0 saturated heterocycles. The number of nitrogens with zero attached hydrogens (tertiary/aromatic N) is 2. The molecule has 1 aromatic rings. The van der Waals surface area contributed by atoms with Gasteiger partial charge in [-0.15, -0.1) is 0 Å². The third kappa shape index (κ3) is 5.81. The maximum atomic E-state index is 10.8. The monoisotopic (exact) mass is 260 g/mol.